The van der Waals surface area contributed by atoms with Gasteiger partial charge >= 0.3 is 0 Å². The Morgan fingerprint density at radius 3 is 2.53 bits per heavy atom. The average molecular weight is 211 g/mol. The van der Waals surface area contributed by atoms with Gasteiger partial charge in [0, 0.05) is 19.6 Å². The lowest BCUT2D eigenvalue weighted by Gasteiger charge is -2.28. The summed E-state index contributed by atoms with van der Waals surface area (Å²) in [7, 11) is 1.77. The molecule has 0 heterocycles. The van der Waals surface area contributed by atoms with Crippen LogP contribution in [0.5, 0.6) is 0 Å². The molecule has 0 rings (SSSR count). The van der Waals surface area contributed by atoms with Crippen molar-refractivity contribution in [2.45, 2.75) is 58.6 Å². The fraction of sp³-hybridized carbons (Fsp3) is 0.846. The fourth-order valence-corrected chi connectivity index (χ4v) is 1.47. The van der Waals surface area contributed by atoms with Crippen molar-refractivity contribution in [3.05, 3.63) is 0 Å². The predicted octanol–water partition coefficient (Wildman–Crippen LogP) is 2.58. The normalized spacial score (nSPS) is 13.1. The van der Waals surface area contributed by atoms with Crippen LogP contribution in [0.15, 0.2) is 0 Å². The molecule has 0 amide bonds. The molecule has 0 aromatic heterocycles. The molecule has 0 aliphatic heterocycles. The highest BCUT2D eigenvalue weighted by atomic mass is 16.5. The van der Waals surface area contributed by atoms with E-state index in [1.54, 1.807) is 7.11 Å². The number of hydrogen-bond donors (Lipinski definition) is 1. The first-order valence-corrected chi connectivity index (χ1v) is 5.74. The molecule has 0 aliphatic rings. The molecule has 1 N–H and O–H groups in total. The highest BCUT2D eigenvalue weighted by molar-refractivity contribution is 4.99. The molecule has 0 saturated carbocycles. The maximum absolute atomic E-state index is 5.44. The highest BCUT2D eigenvalue weighted by Gasteiger charge is 2.21. The van der Waals surface area contributed by atoms with Gasteiger partial charge in [-0.3, -0.25) is 0 Å². The molecule has 2 nitrogen and oxygen atoms in total. The van der Waals surface area contributed by atoms with E-state index in [1.807, 2.05) is 6.92 Å². The van der Waals surface area contributed by atoms with E-state index in [1.165, 1.54) is 0 Å². The van der Waals surface area contributed by atoms with Crippen LogP contribution >= 0.6 is 0 Å². The quantitative estimate of drug-likeness (QED) is 0.654. The molecule has 0 bridgehead atoms. The number of hydrogen-bond acceptors (Lipinski definition) is 2. The first-order chi connectivity index (χ1) is 7.05. The Morgan fingerprint density at radius 1 is 1.40 bits per heavy atom. The standard InChI is InChI=1S/C13H25NO/c1-6-8-9-12(14-10-7-2)11-13(3,4)15-5/h12,14H,7,9-11H2,1-5H3. The van der Waals surface area contributed by atoms with E-state index < -0.39 is 0 Å². The zero-order chi connectivity index (χ0) is 11.7. The molecule has 2 heteroatoms. The second-order valence-corrected chi connectivity index (χ2v) is 4.45. The first-order valence-electron chi connectivity index (χ1n) is 5.74. The summed E-state index contributed by atoms with van der Waals surface area (Å²) < 4.78 is 5.44. The fourth-order valence-electron chi connectivity index (χ4n) is 1.47. The van der Waals surface area contributed by atoms with Crippen molar-refractivity contribution in [2.24, 2.45) is 0 Å². The van der Waals surface area contributed by atoms with Crippen molar-refractivity contribution in [2.75, 3.05) is 13.7 Å². The van der Waals surface area contributed by atoms with Gasteiger partial charge in [0.2, 0.25) is 0 Å². The van der Waals surface area contributed by atoms with Crippen molar-refractivity contribution in [1.82, 2.24) is 5.32 Å². The van der Waals surface area contributed by atoms with Gasteiger partial charge in [-0.1, -0.05) is 6.92 Å². The zero-order valence-electron chi connectivity index (χ0n) is 10.8. The lowest BCUT2D eigenvalue weighted by atomic mass is 9.96. The minimum Gasteiger partial charge on any atom is -0.379 e. The summed E-state index contributed by atoms with van der Waals surface area (Å²) in [4.78, 5) is 0. The van der Waals surface area contributed by atoms with Gasteiger partial charge < -0.3 is 10.1 Å². The third kappa shape index (κ3) is 7.41. The van der Waals surface area contributed by atoms with Gasteiger partial charge in [-0.25, -0.2) is 0 Å². The van der Waals surface area contributed by atoms with E-state index in [-0.39, 0.29) is 5.60 Å². The number of rotatable bonds is 7. The van der Waals surface area contributed by atoms with Crippen LogP contribution < -0.4 is 5.32 Å². The second-order valence-electron chi connectivity index (χ2n) is 4.45. The maximum atomic E-state index is 5.44. The minimum absolute atomic E-state index is 0.0686. The summed E-state index contributed by atoms with van der Waals surface area (Å²) in [5, 5.41) is 3.51. The summed E-state index contributed by atoms with van der Waals surface area (Å²) in [6.07, 6.45) is 3.06. The lowest BCUT2D eigenvalue weighted by Crippen LogP contribution is -2.37. The van der Waals surface area contributed by atoms with Crippen LogP contribution in [0.3, 0.4) is 0 Å². The molecule has 0 aliphatic carbocycles. The highest BCUT2D eigenvalue weighted by Crippen LogP contribution is 2.17. The number of ether oxygens (including phenoxy) is 1. The second kappa shape index (κ2) is 7.73. The monoisotopic (exact) mass is 211 g/mol. The van der Waals surface area contributed by atoms with Crippen LogP contribution in [0.2, 0.25) is 0 Å². The van der Waals surface area contributed by atoms with E-state index in [9.17, 15) is 0 Å². The maximum Gasteiger partial charge on any atom is 0.0637 e. The molecule has 1 atom stereocenters. The van der Waals surface area contributed by atoms with Crippen LogP contribution in [-0.2, 0) is 4.74 Å². The van der Waals surface area contributed by atoms with Gasteiger partial charge in [0.15, 0.2) is 0 Å². The van der Waals surface area contributed by atoms with E-state index in [2.05, 4.69) is 37.9 Å². The Hall–Kier alpha value is -0.520. The summed E-state index contributed by atoms with van der Waals surface area (Å²) in [6.45, 7) is 9.35. The molecule has 0 spiro atoms. The Balaban J connectivity index is 4.14. The Kier molecular flexibility index (Phi) is 7.46. The topological polar surface area (TPSA) is 21.3 Å². The van der Waals surface area contributed by atoms with Gasteiger partial charge in [0.1, 0.15) is 0 Å². The molecule has 1 unspecified atom stereocenters. The molecule has 0 aromatic rings. The molecule has 0 saturated heterocycles. The van der Waals surface area contributed by atoms with Gasteiger partial charge in [-0.05, 0) is 40.2 Å². The molecule has 0 aromatic carbocycles. The SMILES string of the molecule is CC#CCC(CC(C)(C)OC)NCCC. The molecule has 88 valence electrons. The van der Waals surface area contributed by atoms with Gasteiger partial charge in [0.05, 0.1) is 5.60 Å². The van der Waals surface area contributed by atoms with Crippen molar-refractivity contribution in [1.29, 1.82) is 0 Å². The Labute approximate surface area is 94.8 Å². The number of nitrogens with one attached hydrogen (secondary N) is 1. The predicted molar refractivity (Wildman–Crippen MR) is 65.9 cm³/mol. The largest absolute Gasteiger partial charge is 0.379 e. The van der Waals surface area contributed by atoms with Crippen LogP contribution in [0.1, 0.15) is 47.0 Å². The minimum atomic E-state index is -0.0686. The average Bonchev–Trinajstić information content (AvgIpc) is 2.22. The molecule has 0 radical (unpaired) electrons. The van der Waals surface area contributed by atoms with Gasteiger partial charge in [-0.2, -0.15) is 0 Å². The third-order valence-electron chi connectivity index (χ3n) is 2.50. The molecule has 15 heavy (non-hydrogen) atoms. The van der Waals surface area contributed by atoms with Crippen molar-refractivity contribution in [3.8, 4) is 11.8 Å². The van der Waals surface area contributed by atoms with Crippen LogP contribution in [-0.4, -0.2) is 25.3 Å². The van der Waals surface area contributed by atoms with Crippen LogP contribution in [0, 0.1) is 11.8 Å². The third-order valence-corrected chi connectivity index (χ3v) is 2.50. The molecular weight excluding hydrogens is 186 g/mol. The molecular formula is C13H25NO. The van der Waals surface area contributed by atoms with E-state index in [0.717, 1.165) is 25.8 Å². The van der Waals surface area contributed by atoms with E-state index in [0.29, 0.717) is 6.04 Å². The van der Waals surface area contributed by atoms with Crippen molar-refractivity contribution < 1.29 is 4.74 Å². The Bertz CT molecular complexity index is 212. The smallest absolute Gasteiger partial charge is 0.0637 e. The van der Waals surface area contributed by atoms with Crippen LogP contribution in [0.25, 0.3) is 0 Å². The lowest BCUT2D eigenvalue weighted by molar-refractivity contribution is 0.00752. The Morgan fingerprint density at radius 2 is 2.07 bits per heavy atom. The molecule has 0 fully saturated rings. The number of methoxy groups -OCH3 is 1. The summed E-state index contributed by atoms with van der Waals surface area (Å²) in [6, 6.07) is 0.437. The van der Waals surface area contributed by atoms with Crippen LogP contribution in [0.4, 0.5) is 0 Å². The zero-order valence-corrected chi connectivity index (χ0v) is 10.8. The van der Waals surface area contributed by atoms with Gasteiger partial charge in [0.25, 0.3) is 0 Å². The van der Waals surface area contributed by atoms with Crippen molar-refractivity contribution in [3.63, 3.8) is 0 Å². The van der Waals surface area contributed by atoms with E-state index in [4.69, 9.17) is 4.74 Å². The summed E-state index contributed by atoms with van der Waals surface area (Å²) in [5.41, 5.74) is -0.0686. The van der Waals surface area contributed by atoms with E-state index >= 15 is 0 Å². The van der Waals surface area contributed by atoms with Gasteiger partial charge in [-0.15, -0.1) is 11.8 Å². The summed E-state index contributed by atoms with van der Waals surface area (Å²) in [5.74, 6) is 6.08. The summed E-state index contributed by atoms with van der Waals surface area (Å²) >= 11 is 0. The first kappa shape index (κ1) is 14.5. The van der Waals surface area contributed by atoms with Crippen molar-refractivity contribution >= 4 is 0 Å².